The summed E-state index contributed by atoms with van der Waals surface area (Å²) in [6.07, 6.45) is 1.81. The van der Waals surface area contributed by atoms with Gasteiger partial charge in [-0.3, -0.25) is 4.79 Å². The molecule has 2 N–H and O–H groups in total. The van der Waals surface area contributed by atoms with E-state index in [1.165, 1.54) is 0 Å². The molecule has 1 atom stereocenters. The first-order chi connectivity index (χ1) is 11.6. The van der Waals surface area contributed by atoms with Crippen molar-refractivity contribution in [2.75, 3.05) is 18.5 Å². The number of amides is 1. The lowest BCUT2D eigenvalue weighted by Crippen LogP contribution is -2.28. The van der Waals surface area contributed by atoms with E-state index in [-0.39, 0.29) is 18.6 Å². The number of nitrogens with one attached hydrogen (secondary N) is 2. The fourth-order valence-electron chi connectivity index (χ4n) is 2.46. The molecule has 2 aromatic rings. The molecule has 0 aliphatic carbocycles. The summed E-state index contributed by atoms with van der Waals surface area (Å²) < 4.78 is 10.7. The number of aryl methyl sites for hydroxylation is 1. The standard InChI is InChI=1S/C16H19ClN4O3/c1-10-7-11(4-5-12(10)17)19-15(22)9-18-8-14-20-16(24-21-14)13-3-2-6-23-13/h4-5,7,13,18H,2-3,6,8-9H2,1H3,(H,19,22). The van der Waals surface area contributed by atoms with E-state index in [9.17, 15) is 4.79 Å². The van der Waals surface area contributed by atoms with E-state index < -0.39 is 0 Å². The van der Waals surface area contributed by atoms with Gasteiger partial charge in [-0.15, -0.1) is 0 Å². The molecule has 1 aromatic carbocycles. The maximum atomic E-state index is 11.9. The molecule has 1 aliphatic heterocycles. The number of hydrogen-bond acceptors (Lipinski definition) is 6. The molecule has 1 unspecified atom stereocenters. The number of aromatic nitrogens is 2. The lowest BCUT2D eigenvalue weighted by Gasteiger charge is -2.07. The van der Waals surface area contributed by atoms with Crippen molar-refractivity contribution in [3.63, 3.8) is 0 Å². The molecule has 7 nitrogen and oxygen atoms in total. The lowest BCUT2D eigenvalue weighted by molar-refractivity contribution is -0.115. The molecule has 0 saturated carbocycles. The van der Waals surface area contributed by atoms with Crippen molar-refractivity contribution in [3.05, 3.63) is 40.5 Å². The Morgan fingerprint density at radius 2 is 2.33 bits per heavy atom. The van der Waals surface area contributed by atoms with E-state index in [1.54, 1.807) is 12.1 Å². The van der Waals surface area contributed by atoms with Gasteiger partial charge in [0.25, 0.3) is 5.89 Å². The van der Waals surface area contributed by atoms with Crippen LogP contribution in [0.1, 0.15) is 36.2 Å². The Morgan fingerprint density at radius 3 is 3.08 bits per heavy atom. The van der Waals surface area contributed by atoms with Crippen LogP contribution in [0, 0.1) is 6.92 Å². The summed E-state index contributed by atoms with van der Waals surface area (Å²) in [6.45, 7) is 3.11. The third kappa shape index (κ3) is 4.31. The minimum absolute atomic E-state index is 0.0947. The third-order valence-corrected chi connectivity index (χ3v) is 4.12. The van der Waals surface area contributed by atoms with E-state index in [0.29, 0.717) is 29.0 Å². The van der Waals surface area contributed by atoms with Gasteiger partial charge in [-0.05, 0) is 43.5 Å². The van der Waals surface area contributed by atoms with Gasteiger partial charge in [-0.1, -0.05) is 16.8 Å². The maximum absolute atomic E-state index is 11.9. The van der Waals surface area contributed by atoms with Crippen molar-refractivity contribution in [3.8, 4) is 0 Å². The Labute approximate surface area is 144 Å². The SMILES string of the molecule is Cc1cc(NC(=O)CNCc2noc(C3CCCO3)n2)ccc1Cl. The predicted octanol–water partition coefficient (Wildman–Crippen LogP) is 2.61. The van der Waals surface area contributed by atoms with Crippen molar-refractivity contribution < 1.29 is 14.1 Å². The summed E-state index contributed by atoms with van der Waals surface area (Å²) >= 11 is 5.96. The summed E-state index contributed by atoms with van der Waals surface area (Å²) in [5.41, 5.74) is 1.62. The molecule has 2 heterocycles. The Hall–Kier alpha value is -1.96. The normalized spacial score (nSPS) is 17.2. The molecule has 3 rings (SSSR count). The van der Waals surface area contributed by atoms with Gasteiger partial charge in [-0.25, -0.2) is 0 Å². The number of carbonyl (C=O) groups is 1. The van der Waals surface area contributed by atoms with Gasteiger partial charge in [-0.2, -0.15) is 4.98 Å². The first-order valence-corrected chi connectivity index (χ1v) is 8.20. The van der Waals surface area contributed by atoms with Crippen molar-refractivity contribution in [2.45, 2.75) is 32.4 Å². The number of ether oxygens (including phenoxy) is 1. The molecule has 24 heavy (non-hydrogen) atoms. The van der Waals surface area contributed by atoms with Crippen LogP contribution in [0.15, 0.2) is 22.7 Å². The van der Waals surface area contributed by atoms with Crippen LogP contribution < -0.4 is 10.6 Å². The number of nitrogens with zero attached hydrogens (tertiary/aromatic N) is 2. The molecule has 1 saturated heterocycles. The molecule has 1 aliphatic rings. The van der Waals surface area contributed by atoms with Crippen molar-refractivity contribution in [1.82, 2.24) is 15.5 Å². The molecular weight excluding hydrogens is 332 g/mol. The quantitative estimate of drug-likeness (QED) is 0.832. The smallest absolute Gasteiger partial charge is 0.255 e. The second-order valence-electron chi connectivity index (χ2n) is 5.67. The Morgan fingerprint density at radius 1 is 1.46 bits per heavy atom. The van der Waals surface area contributed by atoms with Gasteiger partial charge in [0.2, 0.25) is 5.91 Å². The first-order valence-electron chi connectivity index (χ1n) is 7.82. The van der Waals surface area contributed by atoms with E-state index in [4.69, 9.17) is 20.9 Å². The molecule has 8 heteroatoms. The zero-order chi connectivity index (χ0) is 16.9. The Balaban J connectivity index is 1.44. The Bertz CT molecular complexity index is 713. The van der Waals surface area contributed by atoms with Crippen molar-refractivity contribution in [1.29, 1.82) is 0 Å². The third-order valence-electron chi connectivity index (χ3n) is 3.70. The van der Waals surface area contributed by atoms with Gasteiger partial charge in [0.15, 0.2) is 5.82 Å². The number of rotatable bonds is 6. The zero-order valence-electron chi connectivity index (χ0n) is 13.3. The lowest BCUT2D eigenvalue weighted by atomic mass is 10.2. The summed E-state index contributed by atoms with van der Waals surface area (Å²) in [5.74, 6) is 0.862. The van der Waals surface area contributed by atoms with Crippen LogP contribution >= 0.6 is 11.6 Å². The topological polar surface area (TPSA) is 89.3 Å². The van der Waals surface area contributed by atoms with Gasteiger partial charge < -0.3 is 19.9 Å². The molecule has 0 bridgehead atoms. The molecule has 128 valence electrons. The number of carbonyl (C=O) groups excluding carboxylic acids is 1. The van der Waals surface area contributed by atoms with Crippen molar-refractivity contribution in [2.24, 2.45) is 0 Å². The average molecular weight is 351 g/mol. The fraction of sp³-hybridized carbons (Fsp3) is 0.438. The van der Waals surface area contributed by atoms with Crippen LogP contribution in [-0.4, -0.2) is 29.2 Å². The average Bonchev–Trinajstić information content (AvgIpc) is 3.22. The predicted molar refractivity (Wildman–Crippen MR) is 88.8 cm³/mol. The molecule has 1 fully saturated rings. The highest BCUT2D eigenvalue weighted by atomic mass is 35.5. The first kappa shape index (κ1) is 16.9. The highest BCUT2D eigenvalue weighted by molar-refractivity contribution is 6.31. The maximum Gasteiger partial charge on any atom is 0.255 e. The fourth-order valence-corrected chi connectivity index (χ4v) is 2.58. The molecule has 0 radical (unpaired) electrons. The number of anilines is 1. The van der Waals surface area contributed by atoms with E-state index >= 15 is 0 Å². The molecule has 0 spiro atoms. The minimum Gasteiger partial charge on any atom is -0.368 e. The number of halogens is 1. The molecule has 1 aromatic heterocycles. The van der Waals surface area contributed by atoms with Gasteiger partial charge >= 0.3 is 0 Å². The van der Waals surface area contributed by atoms with E-state index in [0.717, 1.165) is 25.0 Å². The monoisotopic (exact) mass is 350 g/mol. The van der Waals surface area contributed by atoms with Gasteiger partial charge in [0.05, 0.1) is 13.1 Å². The minimum atomic E-state index is -0.153. The zero-order valence-corrected chi connectivity index (χ0v) is 14.1. The molecule has 1 amide bonds. The van der Waals surface area contributed by atoms with Crippen molar-refractivity contribution >= 4 is 23.2 Å². The van der Waals surface area contributed by atoms with Crippen LogP contribution in [0.3, 0.4) is 0 Å². The van der Waals surface area contributed by atoms with Gasteiger partial charge in [0, 0.05) is 17.3 Å². The highest BCUT2D eigenvalue weighted by Crippen LogP contribution is 2.26. The summed E-state index contributed by atoms with van der Waals surface area (Å²) in [5, 5.41) is 10.3. The van der Waals surface area contributed by atoms with E-state index in [2.05, 4.69) is 20.8 Å². The van der Waals surface area contributed by atoms with Crippen LogP contribution in [0.5, 0.6) is 0 Å². The second-order valence-corrected chi connectivity index (χ2v) is 6.07. The largest absolute Gasteiger partial charge is 0.368 e. The summed E-state index contributed by atoms with van der Waals surface area (Å²) in [4.78, 5) is 16.2. The van der Waals surface area contributed by atoms with Gasteiger partial charge in [0.1, 0.15) is 6.10 Å². The highest BCUT2D eigenvalue weighted by Gasteiger charge is 2.23. The van der Waals surface area contributed by atoms with Crippen LogP contribution in [-0.2, 0) is 16.1 Å². The number of benzene rings is 1. The van der Waals surface area contributed by atoms with Crippen LogP contribution in [0.25, 0.3) is 0 Å². The molecular formula is C16H19ClN4O3. The number of hydrogen-bond donors (Lipinski definition) is 2. The second kappa shape index (κ2) is 7.74. The Kier molecular flexibility index (Phi) is 5.44. The summed E-state index contributed by atoms with van der Waals surface area (Å²) in [6, 6.07) is 5.35. The van der Waals surface area contributed by atoms with E-state index in [1.807, 2.05) is 13.0 Å². The van der Waals surface area contributed by atoms with Crippen LogP contribution in [0.2, 0.25) is 5.02 Å². The summed E-state index contributed by atoms with van der Waals surface area (Å²) in [7, 11) is 0. The van der Waals surface area contributed by atoms with Crippen LogP contribution in [0.4, 0.5) is 5.69 Å².